The van der Waals surface area contributed by atoms with E-state index >= 15 is 0 Å². The average molecular weight is 285 g/mol. The summed E-state index contributed by atoms with van der Waals surface area (Å²) in [6.45, 7) is 6.05. The van der Waals surface area contributed by atoms with Gasteiger partial charge in [0.2, 0.25) is 5.95 Å². The van der Waals surface area contributed by atoms with Crippen LogP contribution in [-0.4, -0.2) is 33.6 Å². The lowest BCUT2D eigenvalue weighted by molar-refractivity contribution is 0.574. The zero-order valence-corrected chi connectivity index (χ0v) is 11.4. The third-order valence-electron chi connectivity index (χ3n) is 3.17. The normalized spacial score (nSPS) is 20.4. The lowest BCUT2D eigenvalue weighted by Gasteiger charge is -2.16. The number of anilines is 1. The molecule has 1 saturated heterocycles. The van der Waals surface area contributed by atoms with Crippen molar-refractivity contribution in [3.05, 3.63) is 11.4 Å². The number of hydrogen-bond donors (Lipinski definition) is 0. The van der Waals surface area contributed by atoms with Crippen molar-refractivity contribution in [3.8, 4) is 0 Å². The summed E-state index contributed by atoms with van der Waals surface area (Å²) in [7, 11) is 0. The van der Waals surface area contributed by atoms with E-state index in [9.17, 15) is 0 Å². The lowest BCUT2D eigenvalue weighted by Crippen LogP contribution is -2.23. The first kappa shape index (κ1) is 11.8. The molecule has 88 valence electrons. The van der Waals surface area contributed by atoms with E-state index in [-0.39, 0.29) is 0 Å². The Morgan fingerprint density at radius 1 is 1.31 bits per heavy atom. The molecule has 2 rings (SSSR count). The largest absolute Gasteiger partial charge is 0.339 e. The summed E-state index contributed by atoms with van der Waals surface area (Å²) in [6, 6.07) is 0. The predicted molar refractivity (Wildman–Crippen MR) is 68.0 cm³/mol. The Morgan fingerprint density at radius 2 is 2.12 bits per heavy atom. The predicted octanol–water partition coefficient (Wildman–Crippen LogP) is 2.10. The Kier molecular flexibility index (Phi) is 3.74. The summed E-state index contributed by atoms with van der Waals surface area (Å²) in [5.74, 6) is 1.56. The van der Waals surface area contributed by atoms with Crippen molar-refractivity contribution in [3.63, 3.8) is 0 Å². The van der Waals surface area contributed by atoms with Gasteiger partial charge in [0.1, 0.15) is 0 Å². The first-order chi connectivity index (χ1) is 7.70. The van der Waals surface area contributed by atoms with E-state index in [0.29, 0.717) is 0 Å². The Bertz CT molecular complexity index is 369. The first-order valence-electron chi connectivity index (χ1n) is 5.69. The van der Waals surface area contributed by atoms with E-state index in [2.05, 4.69) is 36.0 Å². The fraction of sp³-hybridized carbons (Fsp3) is 0.727. The van der Waals surface area contributed by atoms with Crippen LogP contribution in [0.3, 0.4) is 0 Å². The maximum Gasteiger partial charge on any atom is 0.245 e. The standard InChI is InChI=1S/C11H17BrN4/c1-8-9(2)14-15-11(13-8)16-6-4-10(7-16)3-5-12/h10H,3-7H2,1-2H3. The van der Waals surface area contributed by atoms with Gasteiger partial charge in [-0.3, -0.25) is 0 Å². The van der Waals surface area contributed by atoms with Crippen LogP contribution in [0.1, 0.15) is 24.2 Å². The van der Waals surface area contributed by atoms with E-state index in [1.165, 1.54) is 12.8 Å². The molecule has 0 aromatic carbocycles. The van der Waals surface area contributed by atoms with Crippen molar-refractivity contribution >= 4 is 21.9 Å². The molecular formula is C11H17BrN4. The minimum absolute atomic E-state index is 0.768. The molecule has 16 heavy (non-hydrogen) atoms. The van der Waals surface area contributed by atoms with Gasteiger partial charge in [0.15, 0.2) is 0 Å². The van der Waals surface area contributed by atoms with Crippen LogP contribution in [-0.2, 0) is 0 Å². The molecule has 1 aromatic heterocycles. The van der Waals surface area contributed by atoms with Gasteiger partial charge in [-0.05, 0) is 32.6 Å². The van der Waals surface area contributed by atoms with Crippen LogP contribution in [0.5, 0.6) is 0 Å². The molecule has 0 radical (unpaired) electrons. The quantitative estimate of drug-likeness (QED) is 0.798. The minimum Gasteiger partial charge on any atom is -0.339 e. The topological polar surface area (TPSA) is 41.9 Å². The molecule has 1 fully saturated rings. The summed E-state index contributed by atoms with van der Waals surface area (Å²) in [6.07, 6.45) is 2.47. The van der Waals surface area contributed by atoms with Gasteiger partial charge in [0.05, 0.1) is 11.4 Å². The molecule has 2 heterocycles. The molecule has 0 saturated carbocycles. The molecule has 0 amide bonds. The van der Waals surface area contributed by atoms with Crippen LogP contribution in [0, 0.1) is 19.8 Å². The van der Waals surface area contributed by atoms with Crippen LogP contribution >= 0.6 is 15.9 Å². The van der Waals surface area contributed by atoms with Crippen LogP contribution in [0.4, 0.5) is 5.95 Å². The van der Waals surface area contributed by atoms with Crippen molar-refractivity contribution in [2.24, 2.45) is 5.92 Å². The summed E-state index contributed by atoms with van der Waals surface area (Å²) < 4.78 is 0. The number of hydrogen-bond acceptors (Lipinski definition) is 4. The highest BCUT2D eigenvalue weighted by molar-refractivity contribution is 9.09. The van der Waals surface area contributed by atoms with Gasteiger partial charge >= 0.3 is 0 Å². The third-order valence-corrected chi connectivity index (χ3v) is 3.62. The third kappa shape index (κ3) is 2.51. The van der Waals surface area contributed by atoms with Gasteiger partial charge in [-0.1, -0.05) is 15.9 Å². The molecule has 1 aliphatic rings. The summed E-state index contributed by atoms with van der Waals surface area (Å²) in [5.41, 5.74) is 1.90. The average Bonchev–Trinajstić information content (AvgIpc) is 2.71. The van der Waals surface area contributed by atoms with Crippen LogP contribution in [0.15, 0.2) is 0 Å². The second kappa shape index (κ2) is 5.08. The highest BCUT2D eigenvalue weighted by atomic mass is 79.9. The Hall–Kier alpha value is -0.710. The van der Waals surface area contributed by atoms with Crippen molar-refractivity contribution < 1.29 is 0 Å². The van der Waals surface area contributed by atoms with Gasteiger partial charge in [-0.25, -0.2) is 4.98 Å². The van der Waals surface area contributed by atoms with Gasteiger partial charge in [0, 0.05) is 18.4 Å². The highest BCUT2D eigenvalue weighted by Crippen LogP contribution is 2.23. The zero-order chi connectivity index (χ0) is 11.5. The van der Waals surface area contributed by atoms with Gasteiger partial charge in [-0.2, -0.15) is 5.10 Å². The van der Waals surface area contributed by atoms with Gasteiger partial charge in [0.25, 0.3) is 0 Å². The van der Waals surface area contributed by atoms with Crippen LogP contribution in [0.2, 0.25) is 0 Å². The maximum absolute atomic E-state index is 4.49. The molecule has 5 heteroatoms. The molecule has 0 N–H and O–H groups in total. The number of alkyl halides is 1. The van der Waals surface area contributed by atoms with E-state index < -0.39 is 0 Å². The minimum atomic E-state index is 0.768. The SMILES string of the molecule is Cc1nnc(N2CCC(CCBr)C2)nc1C. The van der Waals surface area contributed by atoms with Crippen molar-refractivity contribution in [2.75, 3.05) is 23.3 Å². The van der Waals surface area contributed by atoms with E-state index in [1.807, 2.05) is 13.8 Å². The Labute approximate surface area is 105 Å². The Morgan fingerprint density at radius 3 is 2.81 bits per heavy atom. The second-order valence-electron chi connectivity index (χ2n) is 4.36. The monoisotopic (exact) mass is 284 g/mol. The molecular weight excluding hydrogens is 268 g/mol. The van der Waals surface area contributed by atoms with Crippen molar-refractivity contribution in [2.45, 2.75) is 26.7 Å². The molecule has 4 nitrogen and oxygen atoms in total. The van der Waals surface area contributed by atoms with E-state index in [0.717, 1.165) is 41.7 Å². The summed E-state index contributed by atoms with van der Waals surface area (Å²) in [4.78, 5) is 6.73. The van der Waals surface area contributed by atoms with Crippen molar-refractivity contribution in [1.29, 1.82) is 0 Å². The number of aryl methyl sites for hydroxylation is 2. The summed E-state index contributed by atoms with van der Waals surface area (Å²) >= 11 is 3.49. The van der Waals surface area contributed by atoms with Gasteiger partial charge < -0.3 is 4.90 Å². The number of nitrogens with zero attached hydrogens (tertiary/aromatic N) is 4. The Balaban J connectivity index is 2.05. The maximum atomic E-state index is 4.49. The fourth-order valence-electron chi connectivity index (χ4n) is 1.98. The fourth-order valence-corrected chi connectivity index (χ4v) is 2.63. The van der Waals surface area contributed by atoms with Crippen LogP contribution in [0.25, 0.3) is 0 Å². The molecule has 1 aliphatic heterocycles. The van der Waals surface area contributed by atoms with Crippen LogP contribution < -0.4 is 4.90 Å². The van der Waals surface area contributed by atoms with E-state index in [4.69, 9.17) is 0 Å². The molecule has 1 aromatic rings. The van der Waals surface area contributed by atoms with E-state index in [1.54, 1.807) is 0 Å². The molecule has 0 bridgehead atoms. The first-order valence-corrected chi connectivity index (χ1v) is 6.81. The number of halogens is 1. The molecule has 0 spiro atoms. The molecule has 1 unspecified atom stereocenters. The molecule has 1 atom stereocenters. The van der Waals surface area contributed by atoms with Gasteiger partial charge in [-0.15, -0.1) is 5.10 Å². The number of aromatic nitrogens is 3. The highest BCUT2D eigenvalue weighted by Gasteiger charge is 2.24. The van der Waals surface area contributed by atoms with Crippen molar-refractivity contribution in [1.82, 2.24) is 15.2 Å². The lowest BCUT2D eigenvalue weighted by atomic mass is 10.1. The second-order valence-corrected chi connectivity index (χ2v) is 5.15. The zero-order valence-electron chi connectivity index (χ0n) is 9.78. The number of rotatable bonds is 3. The summed E-state index contributed by atoms with van der Waals surface area (Å²) in [5, 5.41) is 9.38. The smallest absolute Gasteiger partial charge is 0.245 e. The molecule has 0 aliphatic carbocycles.